The molecule has 0 bridgehead atoms. The van der Waals surface area contributed by atoms with Crippen LogP contribution in [0.5, 0.6) is 11.5 Å². The second-order valence-corrected chi connectivity index (χ2v) is 7.08. The van der Waals surface area contributed by atoms with Gasteiger partial charge in [-0.1, -0.05) is 23.7 Å². The maximum absolute atomic E-state index is 11.0. The van der Waals surface area contributed by atoms with E-state index in [4.69, 9.17) is 16.3 Å². The molecule has 0 spiro atoms. The highest BCUT2D eigenvalue weighted by Crippen LogP contribution is 2.32. The van der Waals surface area contributed by atoms with Gasteiger partial charge >= 0.3 is 5.69 Å². The fraction of sp³-hybridized carbons (Fsp3) is 0.350. The second-order valence-electron chi connectivity index (χ2n) is 6.65. The lowest BCUT2D eigenvalue weighted by Crippen LogP contribution is -2.27. The van der Waals surface area contributed by atoms with Crippen LogP contribution in [0, 0.1) is 10.1 Å². The second kappa shape index (κ2) is 9.03. The fourth-order valence-electron chi connectivity index (χ4n) is 3.40. The van der Waals surface area contributed by atoms with Gasteiger partial charge in [0.2, 0.25) is 5.75 Å². The number of aromatic hydroxyl groups is 1. The van der Waals surface area contributed by atoms with Gasteiger partial charge in [-0.2, -0.15) is 0 Å². The summed E-state index contributed by atoms with van der Waals surface area (Å²) < 4.78 is 5.23. The van der Waals surface area contributed by atoms with Crippen LogP contribution in [0.4, 0.5) is 5.69 Å². The molecule has 1 aliphatic heterocycles. The van der Waals surface area contributed by atoms with Gasteiger partial charge in [-0.05, 0) is 49.7 Å². The number of hydrogen-bond acceptors (Lipinski definition) is 6. The zero-order valence-electron chi connectivity index (χ0n) is 15.5. The summed E-state index contributed by atoms with van der Waals surface area (Å²) in [6.45, 7) is 2.46. The van der Waals surface area contributed by atoms with Gasteiger partial charge in [-0.15, -0.1) is 0 Å². The Morgan fingerprint density at radius 3 is 2.61 bits per heavy atom. The average molecular weight is 404 g/mol. The number of nitro groups is 1. The third-order valence-corrected chi connectivity index (χ3v) is 5.09. The van der Waals surface area contributed by atoms with Crippen molar-refractivity contribution >= 4 is 23.5 Å². The van der Waals surface area contributed by atoms with Crippen LogP contribution in [0.15, 0.2) is 41.4 Å². The zero-order chi connectivity index (χ0) is 20.1. The van der Waals surface area contributed by atoms with Gasteiger partial charge in [0.25, 0.3) is 0 Å². The summed E-state index contributed by atoms with van der Waals surface area (Å²) in [6.07, 6.45) is 3.75. The first-order chi connectivity index (χ1) is 13.5. The van der Waals surface area contributed by atoms with Crippen LogP contribution in [-0.2, 0) is 0 Å². The number of rotatable bonds is 7. The molecule has 7 nitrogen and oxygen atoms in total. The standard InChI is InChI=1S/C20H22ClN3O4/c1-28-17-6-4-14(5-7-17)19(23-8-2-3-9-23)13-22-12-15-10-16(21)11-18(20(15)25)24(26)27/h4-7,10-12,19,25H,2-3,8-9,13H2,1H3/t19-/m0/s1. The number of likely N-dealkylation sites (tertiary alicyclic amines) is 1. The average Bonchev–Trinajstić information content (AvgIpc) is 3.22. The highest BCUT2D eigenvalue weighted by molar-refractivity contribution is 6.31. The van der Waals surface area contributed by atoms with Gasteiger partial charge in [0.05, 0.1) is 24.6 Å². The number of nitro benzene ring substituents is 1. The van der Waals surface area contributed by atoms with E-state index in [1.54, 1.807) is 7.11 Å². The summed E-state index contributed by atoms with van der Waals surface area (Å²) in [7, 11) is 1.63. The minimum Gasteiger partial charge on any atom is -0.502 e. The van der Waals surface area contributed by atoms with Crippen molar-refractivity contribution in [2.45, 2.75) is 18.9 Å². The maximum atomic E-state index is 11.0. The van der Waals surface area contributed by atoms with E-state index in [2.05, 4.69) is 9.89 Å². The molecule has 1 heterocycles. The molecule has 0 aromatic heterocycles. The van der Waals surface area contributed by atoms with Crippen molar-refractivity contribution in [3.8, 4) is 11.5 Å². The highest BCUT2D eigenvalue weighted by Gasteiger charge is 2.23. The predicted molar refractivity (Wildman–Crippen MR) is 109 cm³/mol. The molecule has 2 aromatic carbocycles. The third kappa shape index (κ3) is 4.61. The Balaban J connectivity index is 1.82. The Kier molecular flexibility index (Phi) is 6.49. The summed E-state index contributed by atoms with van der Waals surface area (Å²) in [5, 5.41) is 21.3. The molecule has 1 fully saturated rings. The quantitative estimate of drug-likeness (QED) is 0.425. The van der Waals surface area contributed by atoms with Crippen LogP contribution in [0.2, 0.25) is 5.02 Å². The molecular formula is C20H22ClN3O4. The van der Waals surface area contributed by atoms with Gasteiger partial charge in [-0.25, -0.2) is 0 Å². The Morgan fingerprint density at radius 2 is 2.00 bits per heavy atom. The van der Waals surface area contributed by atoms with E-state index in [0.717, 1.165) is 43.3 Å². The van der Waals surface area contributed by atoms with Crippen LogP contribution in [0.3, 0.4) is 0 Å². The van der Waals surface area contributed by atoms with E-state index >= 15 is 0 Å². The SMILES string of the molecule is COc1ccc([C@H](CN=Cc2cc(Cl)cc([N+](=O)[O-])c2O)N2CCCC2)cc1. The molecule has 0 radical (unpaired) electrons. The Labute approximate surface area is 168 Å². The van der Waals surface area contributed by atoms with Crippen LogP contribution < -0.4 is 4.74 Å². The molecule has 0 amide bonds. The Bertz CT molecular complexity index is 864. The van der Waals surface area contributed by atoms with Gasteiger partial charge in [-0.3, -0.25) is 20.0 Å². The van der Waals surface area contributed by atoms with Crippen LogP contribution >= 0.6 is 11.6 Å². The van der Waals surface area contributed by atoms with Gasteiger partial charge in [0.15, 0.2) is 0 Å². The predicted octanol–water partition coefficient (Wildman–Crippen LogP) is 4.22. The van der Waals surface area contributed by atoms with Gasteiger partial charge in [0.1, 0.15) is 5.75 Å². The molecule has 3 rings (SSSR count). The van der Waals surface area contributed by atoms with E-state index in [9.17, 15) is 15.2 Å². The Hall–Kier alpha value is -2.64. The lowest BCUT2D eigenvalue weighted by atomic mass is 10.1. The number of phenolic OH excluding ortho intramolecular Hbond substituents is 1. The lowest BCUT2D eigenvalue weighted by molar-refractivity contribution is -0.385. The van der Waals surface area contributed by atoms with Gasteiger partial charge < -0.3 is 9.84 Å². The zero-order valence-corrected chi connectivity index (χ0v) is 16.3. The van der Waals surface area contributed by atoms with E-state index in [0.29, 0.717) is 6.54 Å². The minimum absolute atomic E-state index is 0.0842. The molecule has 1 aliphatic rings. The fourth-order valence-corrected chi connectivity index (χ4v) is 3.63. The number of halogens is 1. The smallest absolute Gasteiger partial charge is 0.312 e. The first-order valence-corrected chi connectivity index (χ1v) is 9.42. The van der Waals surface area contributed by atoms with Crippen molar-refractivity contribution in [1.82, 2.24) is 4.90 Å². The van der Waals surface area contributed by atoms with E-state index in [-0.39, 0.29) is 16.6 Å². The van der Waals surface area contributed by atoms with Gasteiger partial charge in [0, 0.05) is 22.9 Å². The molecule has 0 unspecified atom stereocenters. The molecule has 2 aromatic rings. The molecular weight excluding hydrogens is 382 g/mol. The molecule has 148 valence electrons. The first kappa shape index (κ1) is 20.1. The largest absolute Gasteiger partial charge is 0.502 e. The molecule has 1 atom stereocenters. The first-order valence-electron chi connectivity index (χ1n) is 9.04. The van der Waals surface area contributed by atoms with Crippen LogP contribution in [0.1, 0.15) is 30.0 Å². The van der Waals surface area contributed by atoms with Crippen molar-refractivity contribution in [2.24, 2.45) is 4.99 Å². The highest BCUT2D eigenvalue weighted by atomic mass is 35.5. The number of nitrogens with zero attached hydrogens (tertiary/aromatic N) is 3. The minimum atomic E-state index is -0.664. The molecule has 0 saturated carbocycles. The molecule has 1 saturated heterocycles. The number of ether oxygens (including phenoxy) is 1. The van der Waals surface area contributed by atoms with Crippen LogP contribution in [-0.4, -0.2) is 47.9 Å². The summed E-state index contributed by atoms with van der Waals surface area (Å²) in [6, 6.07) is 10.6. The van der Waals surface area contributed by atoms with E-state index in [1.165, 1.54) is 12.3 Å². The summed E-state index contributed by atoms with van der Waals surface area (Å²) >= 11 is 5.94. The molecule has 28 heavy (non-hydrogen) atoms. The molecule has 8 heteroatoms. The number of aliphatic imine (C=N–C) groups is 1. The Morgan fingerprint density at radius 1 is 1.32 bits per heavy atom. The van der Waals surface area contributed by atoms with Crippen molar-refractivity contribution in [3.63, 3.8) is 0 Å². The maximum Gasteiger partial charge on any atom is 0.312 e. The molecule has 0 aliphatic carbocycles. The summed E-state index contributed by atoms with van der Waals surface area (Å²) in [4.78, 5) is 17.2. The lowest BCUT2D eigenvalue weighted by Gasteiger charge is -2.26. The van der Waals surface area contributed by atoms with Crippen LogP contribution in [0.25, 0.3) is 0 Å². The normalized spacial score (nSPS) is 15.8. The number of phenols is 1. The summed E-state index contributed by atoms with van der Waals surface area (Å²) in [5.41, 5.74) is 0.926. The van der Waals surface area contributed by atoms with Crippen molar-refractivity contribution in [1.29, 1.82) is 0 Å². The monoisotopic (exact) mass is 403 g/mol. The number of methoxy groups -OCH3 is 1. The summed E-state index contributed by atoms with van der Waals surface area (Å²) in [5.74, 6) is 0.365. The van der Waals surface area contributed by atoms with Crippen molar-refractivity contribution < 1.29 is 14.8 Å². The molecule has 1 N–H and O–H groups in total. The topological polar surface area (TPSA) is 88.2 Å². The van der Waals surface area contributed by atoms with E-state index < -0.39 is 16.4 Å². The number of benzene rings is 2. The number of hydrogen-bond donors (Lipinski definition) is 1. The van der Waals surface area contributed by atoms with Crippen molar-refractivity contribution in [2.75, 3.05) is 26.7 Å². The third-order valence-electron chi connectivity index (χ3n) is 4.87. The van der Waals surface area contributed by atoms with Crippen molar-refractivity contribution in [3.05, 3.63) is 62.7 Å². The van der Waals surface area contributed by atoms with E-state index in [1.807, 2.05) is 24.3 Å².